The van der Waals surface area contributed by atoms with E-state index in [4.69, 9.17) is 0 Å². The van der Waals surface area contributed by atoms with Gasteiger partial charge < -0.3 is 0 Å². The molecule has 39 valence electrons. The zero-order valence-corrected chi connectivity index (χ0v) is 5.03. The van der Waals surface area contributed by atoms with Crippen molar-refractivity contribution in [3.63, 3.8) is 0 Å². The molecule has 0 atom stereocenters. The van der Waals surface area contributed by atoms with Gasteiger partial charge in [0.25, 0.3) is 0 Å². The smallest absolute Gasteiger partial charge is 0.0822 e. The van der Waals surface area contributed by atoms with Gasteiger partial charge in [0.05, 0.1) is 6.61 Å². The summed E-state index contributed by atoms with van der Waals surface area (Å²) in [5.74, 6) is 0. The Kier molecular flexibility index (Phi) is 14.4. The molecule has 0 bridgehead atoms. The van der Waals surface area contributed by atoms with Gasteiger partial charge in [-0.25, -0.2) is 5.11 Å². The summed E-state index contributed by atoms with van der Waals surface area (Å²) in [5, 5.41) is 9.53. The molecule has 0 amide bonds. The van der Waals surface area contributed by atoms with Crippen molar-refractivity contribution in [2.75, 3.05) is 6.61 Å². The second kappa shape index (κ2) is 9.00. The van der Waals surface area contributed by atoms with E-state index < -0.39 is 0 Å². The topological polar surface area (TPSA) is 19.9 Å². The van der Waals surface area contributed by atoms with E-state index in [1.54, 1.807) is 0 Å². The van der Waals surface area contributed by atoms with Crippen molar-refractivity contribution in [3.8, 4) is 0 Å². The van der Waals surface area contributed by atoms with Crippen LogP contribution in [0.4, 0.5) is 0 Å². The van der Waals surface area contributed by atoms with Crippen LogP contribution < -0.4 is 0 Å². The second-order valence-corrected chi connectivity index (χ2v) is 1.06. The van der Waals surface area contributed by atoms with E-state index in [9.17, 15) is 5.11 Å². The van der Waals surface area contributed by atoms with Gasteiger partial charge in [-0.1, -0.05) is 13.3 Å². The molecule has 0 aliphatic heterocycles. The van der Waals surface area contributed by atoms with Crippen molar-refractivity contribution in [1.82, 2.24) is 0 Å². The zero-order valence-electron chi connectivity index (χ0n) is 4.03. The molecule has 0 aliphatic rings. The molecule has 0 aromatic carbocycles. The Morgan fingerprint density at radius 3 is 2.00 bits per heavy atom. The highest BCUT2D eigenvalue weighted by atomic mass is 32.1. The van der Waals surface area contributed by atoms with Crippen LogP contribution in [0.25, 0.3) is 0 Å². The van der Waals surface area contributed by atoms with E-state index in [1.165, 1.54) is 0 Å². The van der Waals surface area contributed by atoms with Gasteiger partial charge in [0.15, 0.2) is 0 Å². The fourth-order valence-electron chi connectivity index (χ4n) is 0.144. The van der Waals surface area contributed by atoms with Crippen LogP contribution in [0.3, 0.4) is 0 Å². The lowest BCUT2D eigenvalue weighted by Crippen LogP contribution is -1.72. The van der Waals surface area contributed by atoms with Gasteiger partial charge in [0, 0.05) is 0 Å². The standard InChI is InChI=1S/C4H9O.H2S/c1-2-3-4-5;/h2-4H2,1H3;1H2. The highest BCUT2D eigenvalue weighted by Crippen LogP contribution is 1.79. The third kappa shape index (κ3) is 8.85. The molecule has 0 spiro atoms. The number of rotatable bonds is 2. The Morgan fingerprint density at radius 2 is 2.00 bits per heavy atom. The van der Waals surface area contributed by atoms with E-state index in [1.807, 2.05) is 6.92 Å². The average Bonchev–Trinajstić information content (AvgIpc) is 1.41. The van der Waals surface area contributed by atoms with Crippen molar-refractivity contribution >= 4 is 13.5 Å². The van der Waals surface area contributed by atoms with Gasteiger partial charge >= 0.3 is 0 Å². The largest absolute Gasteiger partial charge is 0.237 e. The first kappa shape index (κ1) is 9.58. The molecule has 0 unspecified atom stereocenters. The normalized spacial score (nSPS) is 7.00. The first-order valence-corrected chi connectivity index (χ1v) is 2.00. The molecule has 0 saturated heterocycles. The highest BCUT2D eigenvalue weighted by Gasteiger charge is 1.71. The first-order valence-electron chi connectivity index (χ1n) is 2.00. The minimum atomic E-state index is 0. The van der Waals surface area contributed by atoms with E-state index >= 15 is 0 Å². The molecule has 1 nitrogen and oxygen atoms in total. The molecule has 2 heteroatoms. The Hall–Kier alpha value is 0.310. The lowest BCUT2D eigenvalue weighted by atomic mass is 10.4. The molecule has 0 saturated carbocycles. The maximum Gasteiger partial charge on any atom is 0.0822 e. The van der Waals surface area contributed by atoms with Gasteiger partial charge in [-0.2, -0.15) is 13.5 Å². The van der Waals surface area contributed by atoms with Crippen LogP contribution in [-0.4, -0.2) is 6.61 Å². The Bertz CT molecular complexity index is 15.0. The third-order valence-corrected chi connectivity index (χ3v) is 0.498. The molecule has 6 heavy (non-hydrogen) atoms. The van der Waals surface area contributed by atoms with Gasteiger partial charge in [-0.3, -0.25) is 0 Å². The second-order valence-electron chi connectivity index (χ2n) is 1.06. The lowest BCUT2D eigenvalue weighted by molar-refractivity contribution is 0.188. The van der Waals surface area contributed by atoms with Crippen molar-refractivity contribution < 1.29 is 5.11 Å². The van der Waals surface area contributed by atoms with Crippen molar-refractivity contribution in [1.29, 1.82) is 0 Å². The monoisotopic (exact) mass is 107 g/mol. The molecule has 0 aromatic heterocycles. The maximum absolute atomic E-state index is 9.53. The fourth-order valence-corrected chi connectivity index (χ4v) is 0.144. The fraction of sp³-hybridized carbons (Fsp3) is 1.00. The summed E-state index contributed by atoms with van der Waals surface area (Å²) < 4.78 is 0. The zero-order chi connectivity index (χ0) is 4.12. The van der Waals surface area contributed by atoms with Crippen LogP contribution in [-0.2, 0) is 5.11 Å². The molecular weight excluding hydrogens is 96.1 g/mol. The molecule has 0 fully saturated rings. The van der Waals surface area contributed by atoms with Gasteiger partial charge in [0.2, 0.25) is 0 Å². The summed E-state index contributed by atoms with van der Waals surface area (Å²) in [5.41, 5.74) is 0. The quantitative estimate of drug-likeness (QED) is 0.507. The molecular formula is C4H11OS. The van der Waals surface area contributed by atoms with Crippen LogP contribution in [0.1, 0.15) is 19.8 Å². The SMILES string of the molecule is CCCC[O].S. The van der Waals surface area contributed by atoms with Gasteiger partial charge in [-0.05, 0) is 6.42 Å². The predicted octanol–water partition coefficient (Wildman–Crippen LogP) is 1.33. The van der Waals surface area contributed by atoms with Crippen molar-refractivity contribution in [2.45, 2.75) is 19.8 Å². The van der Waals surface area contributed by atoms with E-state index in [0.29, 0.717) is 0 Å². The van der Waals surface area contributed by atoms with Crippen LogP contribution in [0.15, 0.2) is 0 Å². The van der Waals surface area contributed by atoms with Crippen LogP contribution in [0.5, 0.6) is 0 Å². The minimum absolute atomic E-state index is 0. The summed E-state index contributed by atoms with van der Waals surface area (Å²) >= 11 is 0. The number of hydrogen-bond acceptors (Lipinski definition) is 0. The maximum atomic E-state index is 9.53. The molecule has 0 rings (SSSR count). The average molecular weight is 107 g/mol. The Balaban J connectivity index is 0. The summed E-state index contributed by atoms with van der Waals surface area (Å²) in [6.45, 7) is 2.11. The molecule has 0 aromatic rings. The lowest BCUT2D eigenvalue weighted by Gasteiger charge is -1.76. The molecule has 1 radical (unpaired) electrons. The van der Waals surface area contributed by atoms with Crippen LogP contribution in [0, 0.1) is 0 Å². The van der Waals surface area contributed by atoms with E-state index in [0.717, 1.165) is 12.8 Å². The van der Waals surface area contributed by atoms with E-state index in [-0.39, 0.29) is 20.1 Å². The molecule has 0 N–H and O–H groups in total. The summed E-state index contributed by atoms with van der Waals surface area (Å²) in [4.78, 5) is 0. The Morgan fingerprint density at radius 1 is 1.50 bits per heavy atom. The number of unbranched alkanes of at least 4 members (excludes halogenated alkanes) is 1. The van der Waals surface area contributed by atoms with Crippen molar-refractivity contribution in [3.05, 3.63) is 0 Å². The summed E-state index contributed by atoms with van der Waals surface area (Å²) in [6, 6.07) is 0. The molecule has 0 aliphatic carbocycles. The third-order valence-electron chi connectivity index (χ3n) is 0.498. The van der Waals surface area contributed by atoms with E-state index in [2.05, 4.69) is 0 Å². The first-order chi connectivity index (χ1) is 2.41. The van der Waals surface area contributed by atoms with Gasteiger partial charge in [0.1, 0.15) is 0 Å². The summed E-state index contributed by atoms with van der Waals surface area (Å²) in [6.07, 6.45) is 1.86. The van der Waals surface area contributed by atoms with Crippen LogP contribution >= 0.6 is 13.5 Å². The number of hydrogen-bond donors (Lipinski definition) is 0. The van der Waals surface area contributed by atoms with Crippen LogP contribution in [0.2, 0.25) is 0 Å². The molecule has 0 heterocycles. The van der Waals surface area contributed by atoms with Crippen molar-refractivity contribution in [2.24, 2.45) is 0 Å². The Labute approximate surface area is 45.8 Å². The minimum Gasteiger partial charge on any atom is -0.237 e. The summed E-state index contributed by atoms with van der Waals surface area (Å²) in [7, 11) is 0. The highest BCUT2D eigenvalue weighted by molar-refractivity contribution is 7.59. The van der Waals surface area contributed by atoms with Gasteiger partial charge in [-0.15, -0.1) is 0 Å². The predicted molar refractivity (Wildman–Crippen MR) is 30.8 cm³/mol.